The van der Waals surface area contributed by atoms with Crippen LogP contribution >= 0.6 is 11.8 Å². The van der Waals surface area contributed by atoms with Crippen molar-refractivity contribution in [2.24, 2.45) is 5.92 Å². The lowest BCUT2D eigenvalue weighted by Gasteiger charge is -2.50. The van der Waals surface area contributed by atoms with Crippen LogP contribution in [0.2, 0.25) is 0 Å². The number of fused-ring (bicyclic) bond motifs is 4. The molecule has 31 heavy (non-hydrogen) atoms. The molecule has 0 aromatic heterocycles. The van der Waals surface area contributed by atoms with Gasteiger partial charge in [0.05, 0.1) is 25.3 Å². The Morgan fingerprint density at radius 2 is 1.94 bits per heavy atom. The number of rotatable bonds is 4. The average Bonchev–Trinajstić information content (AvgIpc) is 2.81. The van der Waals surface area contributed by atoms with Crippen LogP contribution in [0.5, 0.6) is 0 Å². The summed E-state index contributed by atoms with van der Waals surface area (Å²) in [5.74, 6) is 0.656. The number of hydrogen-bond acceptors (Lipinski definition) is 2. The van der Waals surface area contributed by atoms with Gasteiger partial charge >= 0.3 is 0 Å². The van der Waals surface area contributed by atoms with E-state index in [2.05, 4.69) is 78.6 Å². The maximum atomic E-state index is 2.68. The van der Waals surface area contributed by atoms with Crippen molar-refractivity contribution in [2.45, 2.75) is 37.6 Å². The van der Waals surface area contributed by atoms with Crippen molar-refractivity contribution in [1.82, 2.24) is 0 Å². The number of para-hydroxylation sites is 1. The number of allylic oxidation sites excluding steroid dienone is 3. The summed E-state index contributed by atoms with van der Waals surface area (Å²) in [6.07, 6.45) is 10.9. The first-order chi connectivity index (χ1) is 15.2. The number of benzene rings is 2. The molecule has 0 amide bonds. The van der Waals surface area contributed by atoms with Crippen LogP contribution in [0, 0.1) is 12.8 Å². The highest BCUT2D eigenvalue weighted by atomic mass is 32.2. The third kappa shape index (κ3) is 3.58. The third-order valence-electron chi connectivity index (χ3n) is 7.59. The molecular formula is C28H31N2S+. The Labute approximate surface area is 190 Å². The van der Waals surface area contributed by atoms with Gasteiger partial charge in [0.1, 0.15) is 6.54 Å². The van der Waals surface area contributed by atoms with Gasteiger partial charge in [0.15, 0.2) is 0 Å². The first-order valence-electron chi connectivity index (χ1n) is 11.7. The van der Waals surface area contributed by atoms with E-state index < -0.39 is 0 Å². The van der Waals surface area contributed by atoms with Gasteiger partial charge in [-0.15, -0.1) is 0 Å². The number of anilines is 1. The summed E-state index contributed by atoms with van der Waals surface area (Å²) in [6.45, 7) is 8.28. The second kappa shape index (κ2) is 7.72. The molecule has 2 unspecified atom stereocenters. The summed E-state index contributed by atoms with van der Waals surface area (Å²) in [7, 11) is 0. The van der Waals surface area contributed by atoms with Crippen LogP contribution in [-0.2, 0) is 6.54 Å². The molecular weight excluding hydrogens is 396 g/mol. The molecule has 3 heteroatoms. The smallest absolute Gasteiger partial charge is 0.105 e. The van der Waals surface area contributed by atoms with Crippen LogP contribution in [-0.4, -0.2) is 30.7 Å². The monoisotopic (exact) mass is 427 g/mol. The van der Waals surface area contributed by atoms with Gasteiger partial charge in [0.25, 0.3) is 0 Å². The second-order valence-corrected chi connectivity index (χ2v) is 10.8. The highest BCUT2D eigenvalue weighted by Gasteiger charge is 2.42. The number of quaternary nitrogens is 1. The number of thioether (sulfide) groups is 1. The first kappa shape index (κ1) is 19.5. The van der Waals surface area contributed by atoms with Crippen molar-refractivity contribution >= 4 is 17.4 Å². The van der Waals surface area contributed by atoms with Gasteiger partial charge in [-0.3, -0.25) is 0 Å². The maximum absolute atomic E-state index is 2.68. The zero-order valence-electron chi connectivity index (χ0n) is 18.4. The molecule has 2 aromatic carbocycles. The predicted octanol–water partition coefficient (Wildman–Crippen LogP) is 6.45. The molecule has 4 aliphatic heterocycles. The van der Waals surface area contributed by atoms with Crippen molar-refractivity contribution in [2.75, 3.05) is 31.1 Å². The zero-order valence-corrected chi connectivity index (χ0v) is 19.2. The van der Waals surface area contributed by atoms with E-state index >= 15 is 0 Å². The Morgan fingerprint density at radius 1 is 1.06 bits per heavy atom. The fourth-order valence-electron chi connectivity index (χ4n) is 5.91. The van der Waals surface area contributed by atoms with E-state index in [4.69, 9.17) is 0 Å². The van der Waals surface area contributed by atoms with E-state index in [1.807, 2.05) is 11.8 Å². The summed E-state index contributed by atoms with van der Waals surface area (Å²) in [6, 6.07) is 18.2. The quantitative estimate of drug-likeness (QED) is 0.408. The molecule has 7 rings (SSSR count). The van der Waals surface area contributed by atoms with Crippen LogP contribution in [0.15, 0.2) is 87.8 Å². The minimum Gasteiger partial charge on any atom is -0.342 e. The van der Waals surface area contributed by atoms with E-state index in [1.54, 1.807) is 11.3 Å². The molecule has 1 fully saturated rings. The van der Waals surface area contributed by atoms with Crippen LogP contribution < -0.4 is 4.90 Å². The van der Waals surface area contributed by atoms with Gasteiger partial charge < -0.3 is 9.38 Å². The van der Waals surface area contributed by atoms with Crippen LogP contribution in [0.3, 0.4) is 0 Å². The standard InChI is InChI=1S/C28H31N2S/c1-21-10-12-22(13-11-21)19-30-16-14-23(15-17-30)24(20-30)18-29-25-6-2-4-8-27(25)31-28-9-5-3-7-26(28)29/h2,4-6,8-14,24H,3,7,15-20H2,1H3/q+1. The SMILES string of the molecule is Cc1ccc(C[N+]23CC=C(CC2)C(CN2C4=C(C=CCC4)Sc4ccccc42)C3)cc1. The molecule has 2 atom stereocenters. The summed E-state index contributed by atoms with van der Waals surface area (Å²) in [5.41, 5.74) is 7.53. The van der Waals surface area contributed by atoms with Crippen LogP contribution in [0.25, 0.3) is 0 Å². The number of aryl methyl sites for hydroxylation is 1. The Bertz CT molecular complexity index is 1090. The molecule has 2 aromatic rings. The normalized spacial score (nSPS) is 26.5. The van der Waals surface area contributed by atoms with E-state index in [0.717, 1.165) is 6.54 Å². The Balaban J connectivity index is 1.29. The lowest BCUT2D eigenvalue weighted by molar-refractivity contribution is -0.944. The lowest BCUT2D eigenvalue weighted by Crippen LogP contribution is -2.58. The fraction of sp³-hybridized carbons (Fsp3) is 0.357. The molecule has 0 saturated carbocycles. The largest absolute Gasteiger partial charge is 0.342 e. The Hall–Kier alpha value is -2.23. The van der Waals surface area contributed by atoms with Crippen molar-refractivity contribution in [3.8, 4) is 0 Å². The van der Waals surface area contributed by atoms with Crippen LogP contribution in [0.1, 0.15) is 30.4 Å². The molecule has 0 spiro atoms. The molecule has 1 aliphatic carbocycles. The van der Waals surface area contributed by atoms with Gasteiger partial charge in [-0.2, -0.15) is 0 Å². The molecule has 5 aliphatic rings. The minimum absolute atomic E-state index is 0.656. The molecule has 158 valence electrons. The summed E-state index contributed by atoms with van der Waals surface area (Å²) < 4.78 is 1.23. The van der Waals surface area contributed by atoms with Gasteiger partial charge in [-0.05, 0) is 38.0 Å². The molecule has 2 nitrogen and oxygen atoms in total. The van der Waals surface area contributed by atoms with E-state index in [0.29, 0.717) is 5.92 Å². The maximum Gasteiger partial charge on any atom is 0.105 e. The van der Waals surface area contributed by atoms with Gasteiger partial charge in [0.2, 0.25) is 0 Å². The Morgan fingerprint density at radius 3 is 2.77 bits per heavy atom. The van der Waals surface area contributed by atoms with Crippen molar-refractivity contribution in [1.29, 1.82) is 0 Å². The average molecular weight is 428 g/mol. The Kier molecular flexibility index (Phi) is 4.85. The van der Waals surface area contributed by atoms with Crippen molar-refractivity contribution in [3.05, 3.63) is 94.1 Å². The third-order valence-corrected chi connectivity index (χ3v) is 8.75. The molecule has 2 bridgehead atoms. The molecule has 0 N–H and O–H groups in total. The second-order valence-electron chi connectivity index (χ2n) is 9.73. The van der Waals surface area contributed by atoms with Gasteiger partial charge in [-0.1, -0.05) is 71.4 Å². The van der Waals surface area contributed by atoms with Crippen molar-refractivity contribution < 1.29 is 4.48 Å². The summed E-state index contributed by atoms with van der Waals surface area (Å²) in [4.78, 5) is 5.55. The predicted molar refractivity (Wildman–Crippen MR) is 131 cm³/mol. The number of nitrogens with zero attached hydrogens (tertiary/aromatic N) is 2. The molecule has 4 heterocycles. The molecule has 0 radical (unpaired) electrons. The van der Waals surface area contributed by atoms with E-state index in [9.17, 15) is 0 Å². The van der Waals surface area contributed by atoms with Crippen molar-refractivity contribution in [3.63, 3.8) is 0 Å². The topological polar surface area (TPSA) is 3.24 Å². The summed E-state index contributed by atoms with van der Waals surface area (Å²) in [5, 5.41) is 0. The summed E-state index contributed by atoms with van der Waals surface area (Å²) >= 11 is 1.96. The fourth-order valence-corrected chi connectivity index (χ4v) is 7.07. The van der Waals surface area contributed by atoms with Crippen LogP contribution in [0.4, 0.5) is 5.69 Å². The lowest BCUT2D eigenvalue weighted by atomic mass is 9.84. The van der Waals surface area contributed by atoms with E-state index in [-0.39, 0.29) is 0 Å². The highest BCUT2D eigenvalue weighted by Crippen LogP contribution is 2.47. The number of piperidine rings is 1. The molecule has 1 saturated heterocycles. The zero-order chi connectivity index (χ0) is 20.8. The van der Waals surface area contributed by atoms with Gasteiger partial charge in [-0.25, -0.2) is 0 Å². The van der Waals surface area contributed by atoms with E-state index in [1.165, 1.54) is 76.5 Å². The minimum atomic E-state index is 0.656. The highest BCUT2D eigenvalue weighted by molar-refractivity contribution is 8.03. The first-order valence-corrected chi connectivity index (χ1v) is 12.5. The van der Waals surface area contributed by atoms with Gasteiger partial charge in [0, 0.05) is 39.9 Å². The number of hydrogen-bond donors (Lipinski definition) is 0.